The Morgan fingerprint density at radius 3 is 2.81 bits per heavy atom. The number of anilines is 2. The van der Waals surface area contributed by atoms with E-state index < -0.39 is 12.0 Å². The SMILES string of the molecule is O=C(NCCOc1cccc2ncnc(Nc3ccc(OCc4cscn4)c(Cl)c3)c12)[C@@H](O)CCO. The Morgan fingerprint density at radius 2 is 2.03 bits per heavy atom. The molecule has 4 aromatic rings. The molecule has 12 heteroatoms. The lowest BCUT2D eigenvalue weighted by atomic mass is 10.2. The first-order valence-electron chi connectivity index (χ1n) is 11.0. The summed E-state index contributed by atoms with van der Waals surface area (Å²) in [6.07, 6.45) is 0.169. The Kier molecular flexibility index (Phi) is 8.85. The van der Waals surface area contributed by atoms with Crippen LogP contribution in [0.2, 0.25) is 5.02 Å². The predicted octanol–water partition coefficient (Wildman–Crippen LogP) is 3.30. The number of aliphatic hydroxyl groups excluding tert-OH is 2. The van der Waals surface area contributed by atoms with Crippen LogP contribution in [0.5, 0.6) is 11.5 Å². The first-order valence-corrected chi connectivity index (χ1v) is 12.4. The van der Waals surface area contributed by atoms with Gasteiger partial charge in [-0.2, -0.15) is 0 Å². The van der Waals surface area contributed by atoms with Gasteiger partial charge in [-0.05, 0) is 30.3 Å². The molecule has 0 fully saturated rings. The second-order valence-corrected chi connectivity index (χ2v) is 8.70. The first kappa shape index (κ1) is 25.6. The third-order valence-electron chi connectivity index (χ3n) is 5.04. The van der Waals surface area contributed by atoms with E-state index in [0.29, 0.717) is 45.5 Å². The van der Waals surface area contributed by atoms with Gasteiger partial charge in [-0.1, -0.05) is 17.7 Å². The van der Waals surface area contributed by atoms with Gasteiger partial charge in [0.2, 0.25) is 5.91 Å². The van der Waals surface area contributed by atoms with Gasteiger partial charge in [-0.25, -0.2) is 15.0 Å². The maximum atomic E-state index is 11.8. The number of rotatable bonds is 12. The number of nitrogens with zero attached hydrogens (tertiary/aromatic N) is 3. The minimum absolute atomic E-state index is 0.0225. The molecule has 0 saturated carbocycles. The normalized spacial score (nSPS) is 11.8. The zero-order valence-electron chi connectivity index (χ0n) is 19.1. The molecule has 2 heterocycles. The van der Waals surface area contributed by atoms with Crippen molar-refractivity contribution in [2.24, 2.45) is 0 Å². The number of aliphatic hydroxyl groups is 2. The molecule has 0 radical (unpaired) electrons. The number of hydrogen-bond donors (Lipinski definition) is 4. The molecule has 0 spiro atoms. The topological polar surface area (TPSA) is 139 Å². The van der Waals surface area contributed by atoms with Gasteiger partial charge in [0.15, 0.2) is 0 Å². The van der Waals surface area contributed by atoms with Gasteiger partial charge in [0, 0.05) is 24.1 Å². The Bertz CT molecular complexity index is 1300. The molecule has 36 heavy (non-hydrogen) atoms. The lowest BCUT2D eigenvalue weighted by Crippen LogP contribution is -2.37. The van der Waals surface area contributed by atoms with Crippen molar-refractivity contribution >= 4 is 51.3 Å². The summed E-state index contributed by atoms with van der Waals surface area (Å²) in [4.78, 5) is 24.7. The second-order valence-electron chi connectivity index (χ2n) is 7.58. The van der Waals surface area contributed by atoms with Crippen LogP contribution in [-0.2, 0) is 11.4 Å². The number of thiazole rings is 1. The Hall–Kier alpha value is -3.51. The summed E-state index contributed by atoms with van der Waals surface area (Å²) in [7, 11) is 0. The highest BCUT2D eigenvalue weighted by molar-refractivity contribution is 7.07. The lowest BCUT2D eigenvalue weighted by Gasteiger charge is -2.15. The third kappa shape index (κ3) is 6.58. The zero-order chi connectivity index (χ0) is 25.3. The summed E-state index contributed by atoms with van der Waals surface area (Å²) in [5.41, 5.74) is 3.94. The maximum Gasteiger partial charge on any atom is 0.249 e. The number of benzene rings is 2. The summed E-state index contributed by atoms with van der Waals surface area (Å²) in [5, 5.41) is 27.3. The molecule has 2 aromatic heterocycles. The van der Waals surface area contributed by atoms with Crippen molar-refractivity contribution in [1.29, 1.82) is 0 Å². The van der Waals surface area contributed by atoms with Crippen LogP contribution in [0, 0.1) is 0 Å². The van der Waals surface area contributed by atoms with Crippen LogP contribution in [0.1, 0.15) is 12.1 Å². The van der Waals surface area contributed by atoms with Crippen LogP contribution in [-0.4, -0.2) is 56.9 Å². The van der Waals surface area contributed by atoms with Gasteiger partial charge >= 0.3 is 0 Å². The van der Waals surface area contributed by atoms with Crippen molar-refractivity contribution in [3.05, 3.63) is 64.3 Å². The molecule has 2 aromatic carbocycles. The van der Waals surface area contributed by atoms with E-state index in [0.717, 1.165) is 5.69 Å². The van der Waals surface area contributed by atoms with Gasteiger partial charge in [0.05, 0.1) is 33.7 Å². The summed E-state index contributed by atoms with van der Waals surface area (Å²) in [6, 6.07) is 10.8. The molecule has 0 saturated heterocycles. The van der Waals surface area contributed by atoms with Crippen molar-refractivity contribution in [2.45, 2.75) is 19.1 Å². The standard InChI is InChI=1S/C24H24ClN5O5S/c25-17-10-15(4-5-20(17)35-11-16-12-36-14-29-16)30-23-22-18(27-13-28-23)2-1-3-21(22)34-9-7-26-24(33)19(32)6-8-31/h1-5,10,12-14,19,31-32H,6-9,11H2,(H,26,33)(H,27,28,30)/t19-/m0/s1. The molecule has 4 N–H and O–H groups in total. The van der Waals surface area contributed by atoms with Crippen molar-refractivity contribution < 1.29 is 24.5 Å². The van der Waals surface area contributed by atoms with Crippen LogP contribution in [0.3, 0.4) is 0 Å². The zero-order valence-corrected chi connectivity index (χ0v) is 20.6. The molecule has 10 nitrogen and oxygen atoms in total. The van der Waals surface area contributed by atoms with Crippen molar-refractivity contribution in [3.63, 3.8) is 0 Å². The van der Waals surface area contributed by atoms with E-state index in [2.05, 4.69) is 25.6 Å². The number of amides is 1. The smallest absolute Gasteiger partial charge is 0.249 e. The molecule has 0 unspecified atom stereocenters. The van der Waals surface area contributed by atoms with E-state index in [1.54, 1.807) is 23.7 Å². The molecule has 0 aliphatic rings. The lowest BCUT2D eigenvalue weighted by molar-refractivity contribution is -0.130. The van der Waals surface area contributed by atoms with Crippen molar-refractivity contribution in [1.82, 2.24) is 20.3 Å². The molecule has 4 rings (SSSR count). The van der Waals surface area contributed by atoms with E-state index in [1.165, 1.54) is 17.7 Å². The quantitative estimate of drug-likeness (QED) is 0.203. The largest absolute Gasteiger partial charge is 0.491 e. The third-order valence-corrected chi connectivity index (χ3v) is 5.97. The minimum Gasteiger partial charge on any atom is -0.491 e. The molecular weight excluding hydrogens is 506 g/mol. The van der Waals surface area contributed by atoms with Gasteiger partial charge in [-0.15, -0.1) is 11.3 Å². The van der Waals surface area contributed by atoms with E-state index >= 15 is 0 Å². The number of ether oxygens (including phenoxy) is 2. The van der Waals surface area contributed by atoms with E-state index in [-0.39, 0.29) is 26.2 Å². The minimum atomic E-state index is -1.26. The van der Waals surface area contributed by atoms with Crippen LogP contribution >= 0.6 is 22.9 Å². The van der Waals surface area contributed by atoms with Crippen LogP contribution in [0.4, 0.5) is 11.5 Å². The van der Waals surface area contributed by atoms with E-state index in [1.807, 2.05) is 23.6 Å². The van der Waals surface area contributed by atoms with Crippen LogP contribution in [0.15, 0.2) is 53.6 Å². The molecule has 0 aliphatic carbocycles. The van der Waals surface area contributed by atoms with Crippen molar-refractivity contribution in [2.75, 3.05) is 25.1 Å². The average molecular weight is 530 g/mol. The molecular formula is C24H24ClN5O5S. The van der Waals surface area contributed by atoms with Crippen molar-refractivity contribution in [3.8, 4) is 11.5 Å². The number of carbonyl (C=O) groups excluding carboxylic acids is 1. The highest BCUT2D eigenvalue weighted by Crippen LogP contribution is 2.34. The number of nitrogens with one attached hydrogen (secondary N) is 2. The molecule has 188 valence electrons. The number of aromatic nitrogens is 3. The second kappa shape index (κ2) is 12.5. The van der Waals surface area contributed by atoms with Gasteiger partial charge < -0.3 is 30.3 Å². The number of halogens is 1. The van der Waals surface area contributed by atoms with E-state index in [4.69, 9.17) is 26.2 Å². The Morgan fingerprint density at radius 1 is 1.14 bits per heavy atom. The summed E-state index contributed by atoms with van der Waals surface area (Å²) in [6.45, 7) is 0.381. The van der Waals surface area contributed by atoms with Crippen LogP contribution < -0.4 is 20.1 Å². The Balaban J connectivity index is 1.44. The van der Waals surface area contributed by atoms with Gasteiger partial charge in [-0.3, -0.25) is 4.79 Å². The monoisotopic (exact) mass is 529 g/mol. The Labute approximate surface area is 215 Å². The fraction of sp³-hybridized carbons (Fsp3) is 0.250. The summed E-state index contributed by atoms with van der Waals surface area (Å²) in [5.74, 6) is 1.02. The molecule has 0 aliphatic heterocycles. The van der Waals surface area contributed by atoms with Gasteiger partial charge in [0.1, 0.15) is 43.0 Å². The number of carbonyl (C=O) groups is 1. The first-order chi connectivity index (χ1) is 17.5. The average Bonchev–Trinajstić information content (AvgIpc) is 3.40. The van der Waals surface area contributed by atoms with Crippen LogP contribution in [0.25, 0.3) is 10.9 Å². The molecule has 0 bridgehead atoms. The summed E-state index contributed by atoms with van der Waals surface area (Å²) >= 11 is 7.93. The fourth-order valence-electron chi connectivity index (χ4n) is 3.29. The maximum absolute atomic E-state index is 11.8. The number of fused-ring (bicyclic) bond motifs is 1. The van der Waals surface area contributed by atoms with Gasteiger partial charge in [0.25, 0.3) is 0 Å². The highest BCUT2D eigenvalue weighted by Gasteiger charge is 2.14. The fourth-order valence-corrected chi connectivity index (χ4v) is 4.07. The highest BCUT2D eigenvalue weighted by atomic mass is 35.5. The summed E-state index contributed by atoms with van der Waals surface area (Å²) < 4.78 is 11.6. The predicted molar refractivity (Wildman–Crippen MR) is 137 cm³/mol. The molecule has 1 atom stereocenters. The van der Waals surface area contributed by atoms with E-state index in [9.17, 15) is 9.90 Å². The number of hydrogen-bond acceptors (Lipinski definition) is 10. The molecule has 1 amide bonds.